The molecule has 4 aromatic rings. The molecule has 0 fully saturated rings. The van der Waals surface area contributed by atoms with Crippen LogP contribution in [0.3, 0.4) is 0 Å². The minimum atomic E-state index is -3.59. The zero-order valence-electron chi connectivity index (χ0n) is 19.5. The van der Waals surface area contributed by atoms with Crippen molar-refractivity contribution in [3.05, 3.63) is 66.2 Å². The summed E-state index contributed by atoms with van der Waals surface area (Å²) in [5.41, 5.74) is 1.22. The number of carbonyl (C=O) groups is 1. The molecule has 4 rings (SSSR count). The van der Waals surface area contributed by atoms with E-state index in [9.17, 15) is 13.2 Å². The first kappa shape index (κ1) is 24.3. The van der Waals surface area contributed by atoms with Crippen molar-refractivity contribution in [1.29, 1.82) is 0 Å². The molecule has 1 amide bonds. The van der Waals surface area contributed by atoms with Crippen molar-refractivity contribution in [1.82, 2.24) is 9.29 Å². The van der Waals surface area contributed by atoms with E-state index >= 15 is 0 Å². The van der Waals surface area contributed by atoms with Crippen molar-refractivity contribution in [2.45, 2.75) is 44.4 Å². The molecule has 0 atom stereocenters. The van der Waals surface area contributed by atoms with E-state index in [-0.39, 0.29) is 10.8 Å². The number of aromatic nitrogens is 1. The Morgan fingerprint density at radius 1 is 0.941 bits per heavy atom. The maximum Gasteiger partial charge on any atom is 0.257 e. The molecule has 0 bridgehead atoms. The summed E-state index contributed by atoms with van der Waals surface area (Å²) in [5.74, 6) is -0.318. The van der Waals surface area contributed by atoms with Crippen molar-refractivity contribution in [3.8, 4) is 0 Å². The number of nitrogens with one attached hydrogen (secondary N) is 1. The minimum absolute atomic E-state index is 0.211. The van der Waals surface area contributed by atoms with Crippen LogP contribution in [-0.2, 0) is 10.0 Å². The van der Waals surface area contributed by atoms with Crippen LogP contribution >= 0.6 is 11.3 Å². The number of amides is 1. The zero-order valence-corrected chi connectivity index (χ0v) is 21.1. The topological polar surface area (TPSA) is 79.4 Å². The number of anilines is 1. The van der Waals surface area contributed by atoms with Crippen LogP contribution in [0.25, 0.3) is 21.0 Å². The lowest BCUT2D eigenvalue weighted by Crippen LogP contribution is -2.33. The third-order valence-electron chi connectivity index (χ3n) is 5.78. The van der Waals surface area contributed by atoms with E-state index in [1.54, 1.807) is 16.4 Å². The maximum atomic E-state index is 13.1. The van der Waals surface area contributed by atoms with Crippen LogP contribution in [0.15, 0.2) is 65.6 Å². The molecule has 0 spiro atoms. The number of nitrogens with zero attached hydrogens (tertiary/aromatic N) is 2. The predicted molar refractivity (Wildman–Crippen MR) is 140 cm³/mol. The maximum absolute atomic E-state index is 13.1. The number of benzene rings is 3. The monoisotopic (exact) mass is 495 g/mol. The highest BCUT2D eigenvalue weighted by Crippen LogP contribution is 2.32. The van der Waals surface area contributed by atoms with E-state index in [4.69, 9.17) is 0 Å². The van der Waals surface area contributed by atoms with E-state index < -0.39 is 10.0 Å². The third kappa shape index (κ3) is 5.14. The van der Waals surface area contributed by atoms with Gasteiger partial charge in [-0.3, -0.25) is 10.1 Å². The number of carbonyl (C=O) groups excluding carboxylic acids is 1. The lowest BCUT2D eigenvalue weighted by atomic mass is 10.1. The molecule has 0 saturated carbocycles. The van der Waals surface area contributed by atoms with E-state index in [1.807, 2.05) is 50.2 Å². The van der Waals surface area contributed by atoms with Gasteiger partial charge in [-0.2, -0.15) is 4.31 Å². The Morgan fingerprint density at radius 3 is 2.29 bits per heavy atom. The van der Waals surface area contributed by atoms with Crippen LogP contribution in [-0.4, -0.2) is 36.7 Å². The van der Waals surface area contributed by atoms with Crippen LogP contribution in [0, 0.1) is 0 Å². The molecule has 6 nitrogen and oxygen atoms in total. The molecule has 178 valence electrons. The molecule has 1 N–H and O–H groups in total. The fraction of sp³-hybridized carbons (Fsp3) is 0.308. The summed E-state index contributed by atoms with van der Waals surface area (Å²) in [6.07, 6.45) is 3.50. The predicted octanol–water partition coefficient (Wildman–Crippen LogP) is 6.29. The molecule has 1 aromatic heterocycles. The summed E-state index contributed by atoms with van der Waals surface area (Å²) in [4.78, 5) is 17.6. The molecule has 8 heteroatoms. The van der Waals surface area contributed by atoms with Gasteiger partial charge in [-0.15, -0.1) is 0 Å². The minimum Gasteiger partial charge on any atom is -0.298 e. The Hall–Kier alpha value is -2.81. The van der Waals surface area contributed by atoms with Gasteiger partial charge in [0.15, 0.2) is 5.13 Å². The number of hydrogen-bond donors (Lipinski definition) is 1. The molecule has 0 aliphatic carbocycles. The highest BCUT2D eigenvalue weighted by molar-refractivity contribution is 7.89. The lowest BCUT2D eigenvalue weighted by Gasteiger charge is -2.22. The fourth-order valence-electron chi connectivity index (χ4n) is 3.83. The van der Waals surface area contributed by atoms with Gasteiger partial charge in [-0.25, -0.2) is 13.4 Å². The summed E-state index contributed by atoms with van der Waals surface area (Å²) < 4.78 is 28.9. The Balaban J connectivity index is 1.52. The van der Waals surface area contributed by atoms with Crippen LogP contribution in [0.2, 0.25) is 0 Å². The van der Waals surface area contributed by atoms with Gasteiger partial charge < -0.3 is 0 Å². The molecule has 0 unspecified atom stereocenters. The van der Waals surface area contributed by atoms with Crippen LogP contribution in [0.4, 0.5) is 5.13 Å². The largest absolute Gasteiger partial charge is 0.298 e. The second-order valence-corrected chi connectivity index (χ2v) is 11.2. The summed E-state index contributed by atoms with van der Waals surface area (Å²) in [7, 11) is -3.59. The quantitative estimate of drug-likeness (QED) is 0.280. The van der Waals surface area contributed by atoms with Gasteiger partial charge in [-0.05, 0) is 48.6 Å². The number of thiazole rings is 1. The molecular weight excluding hydrogens is 466 g/mol. The van der Waals surface area contributed by atoms with Crippen LogP contribution in [0.1, 0.15) is 49.9 Å². The molecule has 34 heavy (non-hydrogen) atoms. The van der Waals surface area contributed by atoms with Crippen LogP contribution < -0.4 is 5.32 Å². The summed E-state index contributed by atoms with van der Waals surface area (Å²) in [6, 6.07) is 18.2. The Labute approximate surface area is 204 Å². The van der Waals surface area contributed by atoms with Crippen molar-refractivity contribution in [2.75, 3.05) is 18.4 Å². The van der Waals surface area contributed by atoms with Gasteiger partial charge >= 0.3 is 0 Å². The van der Waals surface area contributed by atoms with E-state index in [2.05, 4.69) is 10.3 Å². The Kier molecular flexibility index (Phi) is 7.60. The molecular formula is C26H29N3O3S2. The van der Waals surface area contributed by atoms with E-state index in [0.717, 1.165) is 46.7 Å². The average Bonchev–Trinajstić information content (AvgIpc) is 3.27. The normalized spacial score (nSPS) is 12.0. The first-order chi connectivity index (χ1) is 16.4. The fourth-order valence-corrected chi connectivity index (χ4v) is 6.34. The molecule has 3 aromatic carbocycles. The Bertz CT molecular complexity index is 1390. The molecule has 0 aliphatic heterocycles. The van der Waals surface area contributed by atoms with Gasteiger partial charge in [0.05, 0.1) is 15.1 Å². The van der Waals surface area contributed by atoms with E-state index in [0.29, 0.717) is 23.8 Å². The van der Waals surface area contributed by atoms with Crippen molar-refractivity contribution < 1.29 is 13.2 Å². The number of fused-ring (bicyclic) bond motifs is 3. The molecule has 1 heterocycles. The SMILES string of the molecule is CCCCN(CCCC)S(=O)(=O)c1ccc(C(=O)Nc2nc3ccc4ccccc4c3s2)cc1. The van der Waals surface area contributed by atoms with Gasteiger partial charge in [0.1, 0.15) is 0 Å². The van der Waals surface area contributed by atoms with Gasteiger partial charge in [0, 0.05) is 24.0 Å². The van der Waals surface area contributed by atoms with Gasteiger partial charge in [-0.1, -0.05) is 68.4 Å². The molecule has 0 aliphatic rings. The lowest BCUT2D eigenvalue weighted by molar-refractivity contribution is 0.102. The number of hydrogen-bond acceptors (Lipinski definition) is 5. The van der Waals surface area contributed by atoms with Gasteiger partial charge in [0.25, 0.3) is 5.91 Å². The Morgan fingerprint density at radius 2 is 1.62 bits per heavy atom. The highest BCUT2D eigenvalue weighted by atomic mass is 32.2. The van der Waals surface area contributed by atoms with Crippen molar-refractivity contribution in [3.63, 3.8) is 0 Å². The average molecular weight is 496 g/mol. The molecule has 0 saturated heterocycles. The van der Waals surface area contributed by atoms with Gasteiger partial charge in [0.2, 0.25) is 10.0 Å². The second kappa shape index (κ2) is 10.6. The van der Waals surface area contributed by atoms with Crippen LogP contribution in [0.5, 0.6) is 0 Å². The third-order valence-corrected chi connectivity index (χ3v) is 8.71. The highest BCUT2D eigenvalue weighted by Gasteiger charge is 2.24. The van der Waals surface area contributed by atoms with Crippen molar-refractivity contribution >= 4 is 53.4 Å². The zero-order chi connectivity index (χ0) is 24.1. The first-order valence-electron chi connectivity index (χ1n) is 11.6. The number of unbranched alkanes of at least 4 members (excludes halogenated alkanes) is 2. The molecule has 0 radical (unpaired) electrons. The summed E-state index contributed by atoms with van der Waals surface area (Å²) in [5, 5.41) is 5.60. The van der Waals surface area contributed by atoms with Crippen molar-refractivity contribution in [2.24, 2.45) is 0 Å². The summed E-state index contributed by atoms with van der Waals surface area (Å²) >= 11 is 1.43. The first-order valence-corrected chi connectivity index (χ1v) is 13.9. The number of sulfonamides is 1. The smallest absolute Gasteiger partial charge is 0.257 e. The second-order valence-electron chi connectivity index (χ2n) is 8.24. The van der Waals surface area contributed by atoms with E-state index in [1.165, 1.54) is 23.5 Å². The summed E-state index contributed by atoms with van der Waals surface area (Å²) in [6.45, 7) is 5.11. The standard InChI is InChI=1S/C26H29N3O3S2/c1-3-5-17-29(18-6-4-2)34(31,32)21-14-11-20(12-15-21)25(30)28-26-27-23-16-13-19-9-7-8-10-22(19)24(23)33-26/h7-16H,3-6,17-18H2,1-2H3,(H,27,28,30). The number of rotatable bonds is 10.